The first-order valence-corrected chi connectivity index (χ1v) is 11.3. The molecule has 0 saturated heterocycles. The number of nitrogens with zero attached hydrogens (tertiary/aromatic N) is 5. The van der Waals surface area contributed by atoms with Crippen molar-refractivity contribution in [2.75, 3.05) is 7.11 Å². The van der Waals surface area contributed by atoms with E-state index in [-0.39, 0.29) is 5.56 Å². The second-order valence-electron chi connectivity index (χ2n) is 8.61. The Hall–Kier alpha value is -4.74. The van der Waals surface area contributed by atoms with E-state index in [1.165, 1.54) is 0 Å². The molecule has 0 aliphatic heterocycles. The van der Waals surface area contributed by atoms with Gasteiger partial charge in [0.25, 0.3) is 5.56 Å². The van der Waals surface area contributed by atoms with E-state index in [9.17, 15) is 4.79 Å². The number of aryl methyl sites for hydroxylation is 2. The van der Waals surface area contributed by atoms with E-state index in [1.807, 2.05) is 54.1 Å². The highest BCUT2D eigenvalue weighted by atomic mass is 16.5. The first kappa shape index (κ1) is 23.0. The van der Waals surface area contributed by atoms with Gasteiger partial charge in [0.05, 0.1) is 43.1 Å². The molecule has 0 unspecified atom stereocenters. The van der Waals surface area contributed by atoms with Crippen LogP contribution < -0.4 is 16.0 Å². The van der Waals surface area contributed by atoms with Gasteiger partial charge in [-0.1, -0.05) is 36.4 Å². The molecule has 178 valence electrons. The maximum atomic E-state index is 12.8. The van der Waals surface area contributed by atoms with E-state index in [2.05, 4.69) is 14.8 Å². The lowest BCUT2D eigenvalue weighted by Gasteiger charge is -2.32. The monoisotopic (exact) mass is 476 g/mol. The number of hydrogen-bond donors (Lipinski definition) is 1. The molecule has 0 fully saturated rings. The Labute approximate surface area is 208 Å². The Morgan fingerprint density at radius 3 is 2.44 bits per heavy atom. The zero-order valence-electron chi connectivity index (χ0n) is 20.1. The summed E-state index contributed by atoms with van der Waals surface area (Å²) in [7, 11) is 5.20. The average Bonchev–Trinajstić information content (AvgIpc) is 3.36. The van der Waals surface area contributed by atoms with Crippen LogP contribution in [0.1, 0.15) is 16.8 Å². The number of nitrogens with two attached hydrogens (primary N) is 1. The molecule has 8 heteroatoms. The molecule has 0 amide bonds. The second kappa shape index (κ2) is 8.80. The van der Waals surface area contributed by atoms with E-state index < -0.39 is 5.54 Å². The predicted molar refractivity (Wildman–Crippen MR) is 139 cm³/mol. The number of ether oxygens (including phenoxy) is 1. The van der Waals surface area contributed by atoms with Crippen LogP contribution in [0, 0.1) is 6.57 Å². The third-order valence-corrected chi connectivity index (χ3v) is 6.58. The number of methoxy groups -OCH3 is 1. The lowest BCUT2D eigenvalue weighted by atomic mass is 9.80. The van der Waals surface area contributed by atoms with E-state index in [0.717, 1.165) is 27.7 Å². The molecule has 0 saturated carbocycles. The number of imidazole rings is 1. The van der Waals surface area contributed by atoms with Gasteiger partial charge in [-0.15, -0.1) is 0 Å². The fourth-order valence-electron chi connectivity index (χ4n) is 4.60. The summed E-state index contributed by atoms with van der Waals surface area (Å²) in [5.74, 6) is 0.459. The van der Waals surface area contributed by atoms with Crippen molar-refractivity contribution in [2.24, 2.45) is 19.8 Å². The number of benzene rings is 2. The molecule has 3 aromatic heterocycles. The molecule has 0 spiro atoms. The van der Waals surface area contributed by atoms with Crippen LogP contribution >= 0.6 is 0 Å². The molecule has 0 radical (unpaired) electrons. The second-order valence-corrected chi connectivity index (χ2v) is 8.61. The predicted octanol–water partition coefficient (Wildman–Crippen LogP) is 4.14. The summed E-state index contributed by atoms with van der Waals surface area (Å²) in [5, 5.41) is 0.824. The lowest BCUT2D eigenvalue weighted by Crippen LogP contribution is -2.41. The van der Waals surface area contributed by atoms with Crippen molar-refractivity contribution in [2.45, 2.75) is 5.54 Å². The van der Waals surface area contributed by atoms with Crippen molar-refractivity contribution in [1.82, 2.24) is 19.1 Å². The topological polar surface area (TPSA) is 92.3 Å². The molecule has 5 rings (SSSR count). The highest BCUT2D eigenvalue weighted by Crippen LogP contribution is 2.37. The molecule has 0 bridgehead atoms. The molecule has 36 heavy (non-hydrogen) atoms. The number of aromatic nitrogens is 4. The Balaban J connectivity index is 1.82. The van der Waals surface area contributed by atoms with E-state index in [0.29, 0.717) is 22.8 Å². The van der Waals surface area contributed by atoms with Crippen molar-refractivity contribution >= 4 is 16.6 Å². The van der Waals surface area contributed by atoms with Crippen molar-refractivity contribution in [1.29, 1.82) is 0 Å². The molecular weight excluding hydrogens is 452 g/mol. The minimum atomic E-state index is -1.08. The van der Waals surface area contributed by atoms with Gasteiger partial charge in [0.1, 0.15) is 5.54 Å². The van der Waals surface area contributed by atoms with Gasteiger partial charge in [-0.05, 0) is 29.3 Å². The highest BCUT2D eigenvalue weighted by molar-refractivity contribution is 5.94. The van der Waals surface area contributed by atoms with Crippen LogP contribution in [0.2, 0.25) is 0 Å². The third kappa shape index (κ3) is 3.63. The number of rotatable bonds is 5. The number of hydrogen-bond acceptors (Lipinski definition) is 5. The molecule has 0 aliphatic rings. The van der Waals surface area contributed by atoms with Gasteiger partial charge in [-0.3, -0.25) is 4.79 Å². The van der Waals surface area contributed by atoms with Crippen molar-refractivity contribution in [3.63, 3.8) is 0 Å². The van der Waals surface area contributed by atoms with Crippen LogP contribution in [0.5, 0.6) is 5.88 Å². The fraction of sp³-hybridized carbons (Fsp3) is 0.143. The normalized spacial score (nSPS) is 12.8. The summed E-state index contributed by atoms with van der Waals surface area (Å²) in [5.41, 5.74) is 11.0. The van der Waals surface area contributed by atoms with E-state index in [4.69, 9.17) is 17.0 Å². The maximum absolute atomic E-state index is 12.8. The van der Waals surface area contributed by atoms with Crippen LogP contribution in [0.25, 0.3) is 27.0 Å². The van der Waals surface area contributed by atoms with Gasteiger partial charge in [0.2, 0.25) is 5.88 Å². The zero-order chi connectivity index (χ0) is 25.4. The van der Waals surface area contributed by atoms with Gasteiger partial charge in [0.15, 0.2) is 5.69 Å². The van der Waals surface area contributed by atoms with Crippen LogP contribution in [-0.4, -0.2) is 26.2 Å². The van der Waals surface area contributed by atoms with E-state index in [1.54, 1.807) is 55.5 Å². The molecule has 5 aromatic rings. The largest absolute Gasteiger partial charge is 0.481 e. The summed E-state index contributed by atoms with van der Waals surface area (Å²) in [4.78, 5) is 25.2. The first-order chi connectivity index (χ1) is 17.4. The SMILES string of the molecule is [C-]#[N+]c1ccc([C@@](N)(c2ccc3c(c2)c(-c2cccc(OC)n2)cc(=O)n3C)c2cncn2C)cc1. The van der Waals surface area contributed by atoms with Gasteiger partial charge in [-0.2, -0.15) is 0 Å². The standard InChI is InChI=1S/C28H24N6O2/c1-30-20-11-8-18(9-12-20)28(29,25-16-31-17-33(25)2)19-10-13-24-22(14-19)21(15-27(35)34(24)3)23-6-5-7-26(32-23)36-4/h5-17H,29H2,2-4H3/t28-/m1/s1. The van der Waals surface area contributed by atoms with Gasteiger partial charge in [0, 0.05) is 37.2 Å². The molecule has 1 atom stereocenters. The van der Waals surface area contributed by atoms with Crippen molar-refractivity contribution < 1.29 is 4.74 Å². The summed E-state index contributed by atoms with van der Waals surface area (Å²) >= 11 is 0. The summed E-state index contributed by atoms with van der Waals surface area (Å²) in [6.07, 6.45) is 3.46. The zero-order valence-corrected chi connectivity index (χ0v) is 20.1. The molecule has 8 nitrogen and oxygen atoms in total. The summed E-state index contributed by atoms with van der Waals surface area (Å²) in [6, 6.07) is 20.1. The van der Waals surface area contributed by atoms with Crippen LogP contribution in [0.15, 0.2) is 84.0 Å². The van der Waals surface area contributed by atoms with Crippen LogP contribution in [0.3, 0.4) is 0 Å². The highest BCUT2D eigenvalue weighted by Gasteiger charge is 2.35. The van der Waals surface area contributed by atoms with Crippen LogP contribution in [-0.2, 0) is 19.6 Å². The quantitative estimate of drug-likeness (QED) is 0.385. The fourth-order valence-corrected chi connectivity index (χ4v) is 4.60. The molecular formula is C28H24N6O2. The van der Waals surface area contributed by atoms with Gasteiger partial charge >= 0.3 is 0 Å². The minimum Gasteiger partial charge on any atom is -0.481 e. The Morgan fingerprint density at radius 1 is 1.03 bits per heavy atom. The Morgan fingerprint density at radius 2 is 1.78 bits per heavy atom. The number of fused-ring (bicyclic) bond motifs is 1. The Bertz CT molecular complexity index is 1690. The minimum absolute atomic E-state index is 0.143. The Kier molecular flexibility index (Phi) is 5.63. The molecule has 0 aliphatic carbocycles. The van der Waals surface area contributed by atoms with Crippen molar-refractivity contribution in [3.8, 4) is 17.1 Å². The molecule has 2 aromatic carbocycles. The average molecular weight is 477 g/mol. The first-order valence-electron chi connectivity index (χ1n) is 11.3. The third-order valence-electron chi connectivity index (χ3n) is 6.58. The lowest BCUT2D eigenvalue weighted by molar-refractivity contribution is 0.398. The smallest absolute Gasteiger partial charge is 0.251 e. The molecule has 2 N–H and O–H groups in total. The summed E-state index contributed by atoms with van der Waals surface area (Å²) < 4.78 is 8.81. The number of pyridine rings is 2. The summed E-state index contributed by atoms with van der Waals surface area (Å²) in [6.45, 7) is 7.31. The van der Waals surface area contributed by atoms with Gasteiger partial charge < -0.3 is 19.6 Å². The van der Waals surface area contributed by atoms with E-state index >= 15 is 0 Å². The van der Waals surface area contributed by atoms with Crippen LogP contribution in [0.4, 0.5) is 5.69 Å². The molecule has 3 heterocycles. The van der Waals surface area contributed by atoms with Crippen molar-refractivity contribution in [3.05, 3.63) is 118 Å². The maximum Gasteiger partial charge on any atom is 0.251 e. The van der Waals surface area contributed by atoms with Gasteiger partial charge in [-0.25, -0.2) is 14.8 Å².